The van der Waals surface area contributed by atoms with Crippen molar-refractivity contribution in [3.63, 3.8) is 0 Å². The van der Waals surface area contributed by atoms with Crippen LogP contribution in [-0.4, -0.2) is 33.8 Å². The molecule has 5 nitrogen and oxygen atoms in total. The molecule has 1 aliphatic rings. The standard InChI is InChI=1S/C28H32N2O3/c1-22(31)29(23-14-6-4-7-15-23)20-13-11-18-26-28(2,3)24-16-9-10-17-25(24)30(26)21-12-5-8-19-27(32)33/h4,6-7,9-11,13-18,20H,5,8,12,19,21H2,1-3H3/p+1. The zero-order chi connectivity index (χ0) is 23.8. The molecule has 0 unspecified atom stereocenters. The Kier molecular flexibility index (Phi) is 7.99. The summed E-state index contributed by atoms with van der Waals surface area (Å²) in [5.41, 5.74) is 4.37. The lowest BCUT2D eigenvalue weighted by Crippen LogP contribution is -2.28. The molecule has 172 valence electrons. The summed E-state index contributed by atoms with van der Waals surface area (Å²) in [6.45, 7) is 6.85. The van der Waals surface area contributed by atoms with Crippen LogP contribution < -0.4 is 4.90 Å². The molecule has 0 aliphatic carbocycles. The minimum Gasteiger partial charge on any atom is -0.481 e. The number of nitrogens with zero attached hydrogens (tertiary/aromatic N) is 2. The number of carbonyl (C=O) groups excluding carboxylic acids is 1. The van der Waals surface area contributed by atoms with E-state index in [9.17, 15) is 9.59 Å². The van der Waals surface area contributed by atoms with Gasteiger partial charge in [0.1, 0.15) is 6.54 Å². The molecule has 0 spiro atoms. The fourth-order valence-corrected chi connectivity index (χ4v) is 4.35. The molecule has 2 aromatic rings. The van der Waals surface area contributed by atoms with Crippen LogP contribution in [0.1, 0.15) is 52.0 Å². The number of rotatable bonds is 10. The Balaban J connectivity index is 1.82. The van der Waals surface area contributed by atoms with Crippen molar-refractivity contribution in [2.24, 2.45) is 0 Å². The number of hydrogen-bond acceptors (Lipinski definition) is 2. The summed E-state index contributed by atoms with van der Waals surface area (Å²) in [5, 5.41) is 8.88. The van der Waals surface area contributed by atoms with Gasteiger partial charge in [-0.3, -0.25) is 14.5 Å². The van der Waals surface area contributed by atoms with Crippen molar-refractivity contribution < 1.29 is 19.3 Å². The van der Waals surface area contributed by atoms with Crippen LogP contribution in [0.15, 0.2) is 79.0 Å². The molecular weight excluding hydrogens is 412 g/mol. The number of carbonyl (C=O) groups is 2. The van der Waals surface area contributed by atoms with Crippen molar-refractivity contribution in [3.8, 4) is 0 Å². The molecule has 1 amide bonds. The molecule has 0 fully saturated rings. The number of fused-ring (bicyclic) bond motifs is 1. The summed E-state index contributed by atoms with van der Waals surface area (Å²) in [6.07, 6.45) is 10.5. The maximum Gasteiger partial charge on any atom is 0.303 e. The second-order valence-electron chi connectivity index (χ2n) is 8.81. The number of aliphatic carboxylic acids is 1. The maximum atomic E-state index is 12.1. The molecule has 0 bridgehead atoms. The van der Waals surface area contributed by atoms with E-state index < -0.39 is 5.97 Å². The Morgan fingerprint density at radius 3 is 2.36 bits per heavy atom. The zero-order valence-electron chi connectivity index (χ0n) is 19.7. The summed E-state index contributed by atoms with van der Waals surface area (Å²) in [4.78, 5) is 24.5. The molecule has 0 aromatic heterocycles. The first-order valence-corrected chi connectivity index (χ1v) is 11.5. The first-order valence-electron chi connectivity index (χ1n) is 11.5. The van der Waals surface area contributed by atoms with E-state index in [0.29, 0.717) is 6.42 Å². The van der Waals surface area contributed by atoms with Crippen molar-refractivity contribution in [2.75, 3.05) is 11.4 Å². The van der Waals surface area contributed by atoms with E-state index in [4.69, 9.17) is 5.11 Å². The van der Waals surface area contributed by atoms with Crippen LogP contribution in [0.4, 0.5) is 11.4 Å². The average Bonchev–Trinajstić information content (AvgIpc) is 3.00. The minimum absolute atomic E-state index is 0.0462. The van der Waals surface area contributed by atoms with E-state index in [1.54, 1.807) is 18.0 Å². The number of hydrogen-bond donors (Lipinski definition) is 1. The largest absolute Gasteiger partial charge is 0.481 e. The van der Waals surface area contributed by atoms with Gasteiger partial charge >= 0.3 is 5.97 Å². The second kappa shape index (κ2) is 10.9. The minimum atomic E-state index is -0.736. The molecule has 0 saturated carbocycles. The van der Waals surface area contributed by atoms with Gasteiger partial charge < -0.3 is 5.11 Å². The molecule has 3 rings (SSSR count). The average molecular weight is 446 g/mol. The third-order valence-electron chi connectivity index (χ3n) is 6.05. The number of amides is 1. The predicted molar refractivity (Wildman–Crippen MR) is 133 cm³/mol. The van der Waals surface area contributed by atoms with Crippen LogP contribution in [0.25, 0.3) is 0 Å². The van der Waals surface area contributed by atoms with Gasteiger partial charge in [-0.05, 0) is 44.9 Å². The number of unbranched alkanes of at least 4 members (excludes halogenated alkanes) is 2. The zero-order valence-corrected chi connectivity index (χ0v) is 19.7. The second-order valence-corrected chi connectivity index (χ2v) is 8.81. The lowest BCUT2D eigenvalue weighted by atomic mass is 9.81. The topological polar surface area (TPSA) is 60.6 Å². The van der Waals surface area contributed by atoms with Gasteiger partial charge in [0.15, 0.2) is 5.71 Å². The molecule has 0 atom stereocenters. The van der Waals surface area contributed by atoms with E-state index >= 15 is 0 Å². The molecule has 2 aromatic carbocycles. The van der Waals surface area contributed by atoms with Gasteiger partial charge in [-0.15, -0.1) is 0 Å². The van der Waals surface area contributed by atoms with Crippen LogP contribution >= 0.6 is 0 Å². The third-order valence-corrected chi connectivity index (χ3v) is 6.05. The summed E-state index contributed by atoms with van der Waals surface area (Å²) >= 11 is 0. The summed E-state index contributed by atoms with van der Waals surface area (Å²) in [6, 6.07) is 18.0. The highest BCUT2D eigenvalue weighted by molar-refractivity contribution is 6.03. The lowest BCUT2D eigenvalue weighted by molar-refractivity contribution is -0.438. The smallest absolute Gasteiger partial charge is 0.303 e. The SMILES string of the molecule is CC(=O)N(C=CC=CC1=[N+](CCCCCC(=O)O)c2ccccc2C1(C)C)c1ccccc1. The first kappa shape index (κ1) is 24.2. The molecule has 1 aliphatic heterocycles. The highest BCUT2D eigenvalue weighted by Crippen LogP contribution is 2.39. The first-order chi connectivity index (χ1) is 15.8. The molecule has 1 heterocycles. The number of carboxylic acids is 1. The van der Waals surface area contributed by atoms with Crippen LogP contribution in [0.3, 0.4) is 0 Å². The predicted octanol–water partition coefficient (Wildman–Crippen LogP) is 5.83. The van der Waals surface area contributed by atoms with Gasteiger partial charge in [0.25, 0.3) is 0 Å². The van der Waals surface area contributed by atoms with Crippen molar-refractivity contribution >= 4 is 29.0 Å². The Morgan fingerprint density at radius 1 is 0.970 bits per heavy atom. The fraction of sp³-hybridized carbons (Fsp3) is 0.321. The summed E-state index contributed by atoms with van der Waals surface area (Å²) in [5.74, 6) is -0.783. The van der Waals surface area contributed by atoms with Crippen LogP contribution in [0.2, 0.25) is 0 Å². The van der Waals surface area contributed by atoms with E-state index in [1.165, 1.54) is 17.0 Å². The van der Waals surface area contributed by atoms with Crippen LogP contribution in [0, 0.1) is 0 Å². The Morgan fingerprint density at radius 2 is 1.67 bits per heavy atom. The van der Waals surface area contributed by atoms with Gasteiger partial charge in [0.05, 0.1) is 5.41 Å². The van der Waals surface area contributed by atoms with Crippen molar-refractivity contribution in [2.45, 2.75) is 51.9 Å². The Bertz CT molecular complexity index is 1080. The number of anilines is 1. The van der Waals surface area contributed by atoms with Crippen molar-refractivity contribution in [1.29, 1.82) is 0 Å². The quantitative estimate of drug-likeness (QED) is 0.284. The number of benzene rings is 2. The molecule has 1 N–H and O–H groups in total. The van der Waals surface area contributed by atoms with E-state index in [1.807, 2.05) is 42.5 Å². The molecule has 0 radical (unpaired) electrons. The maximum absolute atomic E-state index is 12.1. The van der Waals surface area contributed by atoms with Gasteiger partial charge in [0.2, 0.25) is 11.6 Å². The van der Waals surface area contributed by atoms with E-state index in [2.05, 4.69) is 48.8 Å². The number of allylic oxidation sites excluding steroid dienone is 3. The molecule has 5 heteroatoms. The lowest BCUT2D eigenvalue weighted by Gasteiger charge is -2.16. The van der Waals surface area contributed by atoms with Crippen LogP contribution in [-0.2, 0) is 15.0 Å². The molecule has 0 saturated heterocycles. The van der Waals surface area contributed by atoms with Crippen molar-refractivity contribution in [1.82, 2.24) is 0 Å². The molecular formula is C28H33N2O3+. The number of carboxylic acid groups (broad SMARTS) is 1. The summed E-state index contributed by atoms with van der Waals surface area (Å²) in [7, 11) is 0. The highest BCUT2D eigenvalue weighted by Gasteiger charge is 2.43. The molecule has 33 heavy (non-hydrogen) atoms. The van der Waals surface area contributed by atoms with Gasteiger partial charge in [-0.1, -0.05) is 42.5 Å². The van der Waals surface area contributed by atoms with Gasteiger partial charge in [-0.2, -0.15) is 4.58 Å². The van der Waals surface area contributed by atoms with Gasteiger partial charge in [-0.25, -0.2) is 0 Å². The Labute approximate surface area is 196 Å². The normalized spacial score (nSPS) is 14.8. The van der Waals surface area contributed by atoms with Gasteiger partial charge in [0, 0.05) is 49.4 Å². The number of para-hydroxylation sites is 2. The van der Waals surface area contributed by atoms with E-state index in [0.717, 1.165) is 25.1 Å². The Hall–Kier alpha value is -3.47. The van der Waals surface area contributed by atoms with E-state index in [-0.39, 0.29) is 17.7 Å². The monoisotopic (exact) mass is 445 g/mol. The highest BCUT2D eigenvalue weighted by atomic mass is 16.4. The fourth-order valence-electron chi connectivity index (χ4n) is 4.35. The third kappa shape index (κ3) is 5.86. The summed E-state index contributed by atoms with van der Waals surface area (Å²) < 4.78 is 2.35. The van der Waals surface area contributed by atoms with Crippen molar-refractivity contribution in [3.05, 3.63) is 84.6 Å². The van der Waals surface area contributed by atoms with Crippen LogP contribution in [0.5, 0.6) is 0 Å².